The van der Waals surface area contributed by atoms with Crippen LogP contribution in [0.5, 0.6) is 0 Å². The molecule has 0 fully saturated rings. The molecule has 0 radical (unpaired) electrons. The topological polar surface area (TPSA) is 117 Å². The summed E-state index contributed by atoms with van der Waals surface area (Å²) in [4.78, 5) is 20.4. The SMILES string of the molecule is Cc1nn(CC(F)F)cc1Nc1ncc2cnn(Cc3ccccc3C(N)=O)c2n1. The van der Waals surface area contributed by atoms with Crippen LogP contribution in [0.1, 0.15) is 21.6 Å². The number of benzene rings is 1. The number of fused-ring (bicyclic) bond motifs is 1. The number of primary amides is 1. The van der Waals surface area contributed by atoms with Crippen molar-refractivity contribution in [3.05, 3.63) is 59.7 Å². The Morgan fingerprint density at radius 2 is 2.07 bits per heavy atom. The van der Waals surface area contributed by atoms with Crippen molar-refractivity contribution in [2.45, 2.75) is 26.4 Å². The van der Waals surface area contributed by atoms with Crippen LogP contribution in [0.25, 0.3) is 11.0 Å². The number of nitrogens with one attached hydrogen (secondary N) is 1. The highest BCUT2D eigenvalue weighted by molar-refractivity contribution is 5.94. The van der Waals surface area contributed by atoms with E-state index in [9.17, 15) is 13.6 Å². The zero-order chi connectivity index (χ0) is 21.3. The highest BCUT2D eigenvalue weighted by Crippen LogP contribution is 2.20. The van der Waals surface area contributed by atoms with Gasteiger partial charge in [0.25, 0.3) is 6.43 Å². The maximum absolute atomic E-state index is 12.6. The molecule has 3 N–H and O–H groups in total. The lowest BCUT2D eigenvalue weighted by Gasteiger charge is -2.08. The Hall–Kier alpha value is -3.89. The van der Waals surface area contributed by atoms with Gasteiger partial charge >= 0.3 is 0 Å². The number of nitrogens with two attached hydrogens (primary N) is 1. The highest BCUT2D eigenvalue weighted by atomic mass is 19.3. The van der Waals surface area contributed by atoms with E-state index in [4.69, 9.17) is 5.73 Å². The van der Waals surface area contributed by atoms with Crippen LogP contribution in [0.15, 0.2) is 42.9 Å². The monoisotopic (exact) mass is 412 g/mol. The zero-order valence-corrected chi connectivity index (χ0v) is 16.0. The second-order valence-electron chi connectivity index (χ2n) is 6.66. The molecule has 154 valence electrons. The number of anilines is 2. The average molecular weight is 412 g/mol. The third-order valence-corrected chi connectivity index (χ3v) is 4.50. The fourth-order valence-corrected chi connectivity index (χ4v) is 3.10. The summed E-state index contributed by atoms with van der Waals surface area (Å²) in [5.74, 6) is -0.248. The predicted octanol–water partition coefficient (Wildman–Crippen LogP) is 2.49. The van der Waals surface area contributed by atoms with Crippen LogP contribution >= 0.6 is 0 Å². The van der Waals surface area contributed by atoms with Crippen molar-refractivity contribution in [1.29, 1.82) is 0 Å². The number of aryl methyl sites for hydroxylation is 1. The molecule has 0 aliphatic rings. The van der Waals surface area contributed by atoms with E-state index < -0.39 is 18.9 Å². The number of rotatable bonds is 7. The van der Waals surface area contributed by atoms with Gasteiger partial charge in [0.1, 0.15) is 6.54 Å². The molecule has 1 amide bonds. The molecule has 0 bridgehead atoms. The number of carbonyl (C=O) groups is 1. The Balaban J connectivity index is 1.63. The molecular formula is C19H18F2N8O. The summed E-state index contributed by atoms with van der Waals surface area (Å²) in [6, 6.07) is 7.01. The van der Waals surface area contributed by atoms with Crippen molar-refractivity contribution in [2.24, 2.45) is 5.73 Å². The summed E-state index contributed by atoms with van der Waals surface area (Å²) >= 11 is 0. The van der Waals surface area contributed by atoms with Crippen LogP contribution in [0.3, 0.4) is 0 Å². The molecule has 0 aliphatic heterocycles. The molecule has 4 aromatic rings. The normalized spacial score (nSPS) is 11.3. The fraction of sp³-hybridized carbons (Fsp3) is 0.211. The summed E-state index contributed by atoms with van der Waals surface area (Å²) in [5, 5.41) is 12.1. The summed E-state index contributed by atoms with van der Waals surface area (Å²) < 4.78 is 28.0. The molecular weight excluding hydrogens is 394 g/mol. The van der Waals surface area contributed by atoms with Crippen molar-refractivity contribution in [1.82, 2.24) is 29.5 Å². The van der Waals surface area contributed by atoms with Crippen molar-refractivity contribution < 1.29 is 13.6 Å². The fourth-order valence-electron chi connectivity index (χ4n) is 3.10. The minimum absolute atomic E-state index is 0.270. The lowest BCUT2D eigenvalue weighted by molar-refractivity contribution is 0.0999. The molecule has 3 heterocycles. The second-order valence-corrected chi connectivity index (χ2v) is 6.66. The van der Waals surface area contributed by atoms with E-state index >= 15 is 0 Å². The van der Waals surface area contributed by atoms with E-state index in [-0.39, 0.29) is 5.95 Å². The Morgan fingerprint density at radius 1 is 1.27 bits per heavy atom. The summed E-state index contributed by atoms with van der Waals surface area (Å²) in [7, 11) is 0. The lowest BCUT2D eigenvalue weighted by Crippen LogP contribution is -2.15. The van der Waals surface area contributed by atoms with E-state index in [1.807, 2.05) is 6.07 Å². The van der Waals surface area contributed by atoms with E-state index in [1.165, 1.54) is 10.9 Å². The average Bonchev–Trinajstić information content (AvgIpc) is 3.24. The van der Waals surface area contributed by atoms with Gasteiger partial charge in [-0.05, 0) is 18.6 Å². The van der Waals surface area contributed by atoms with E-state index in [2.05, 4.69) is 25.5 Å². The van der Waals surface area contributed by atoms with Crippen LogP contribution < -0.4 is 11.1 Å². The van der Waals surface area contributed by atoms with Crippen molar-refractivity contribution >= 4 is 28.6 Å². The van der Waals surface area contributed by atoms with E-state index in [0.717, 1.165) is 0 Å². The number of alkyl halides is 2. The molecule has 3 aromatic heterocycles. The number of carbonyl (C=O) groups excluding carboxylic acids is 1. The Morgan fingerprint density at radius 3 is 2.83 bits per heavy atom. The summed E-state index contributed by atoms with van der Waals surface area (Å²) in [6.45, 7) is 1.51. The molecule has 30 heavy (non-hydrogen) atoms. The van der Waals surface area contributed by atoms with Gasteiger partial charge in [-0.15, -0.1) is 0 Å². The smallest absolute Gasteiger partial charge is 0.257 e. The molecule has 0 unspecified atom stereocenters. The van der Waals surface area contributed by atoms with Gasteiger partial charge in [-0.1, -0.05) is 18.2 Å². The van der Waals surface area contributed by atoms with Crippen molar-refractivity contribution in [2.75, 3.05) is 5.32 Å². The summed E-state index contributed by atoms with van der Waals surface area (Å²) in [6.07, 6.45) is 2.21. The lowest BCUT2D eigenvalue weighted by atomic mass is 10.1. The summed E-state index contributed by atoms with van der Waals surface area (Å²) in [5.41, 5.74) is 8.20. The molecule has 1 aromatic carbocycles. The highest BCUT2D eigenvalue weighted by Gasteiger charge is 2.14. The predicted molar refractivity (Wildman–Crippen MR) is 106 cm³/mol. The number of amides is 1. The minimum atomic E-state index is -2.50. The standard InChI is InChI=1S/C19H18F2N8O/c1-11-15(9-28(27-11)10-16(20)21)25-19-23-6-13-7-24-29(18(13)26-19)8-12-4-2-3-5-14(12)17(22)30/h2-7,9,16H,8,10H2,1H3,(H2,22,30)(H,23,25,26). The Kier molecular flexibility index (Phi) is 5.09. The first-order chi connectivity index (χ1) is 14.4. The molecule has 11 heteroatoms. The molecule has 9 nitrogen and oxygen atoms in total. The largest absolute Gasteiger partial charge is 0.366 e. The van der Waals surface area contributed by atoms with Crippen LogP contribution in [0.2, 0.25) is 0 Å². The number of hydrogen-bond donors (Lipinski definition) is 2. The van der Waals surface area contributed by atoms with Gasteiger partial charge in [-0.25, -0.2) is 18.4 Å². The zero-order valence-electron chi connectivity index (χ0n) is 16.0. The number of nitrogens with zero attached hydrogens (tertiary/aromatic N) is 6. The van der Waals surface area contributed by atoms with Gasteiger partial charge in [0.05, 0.1) is 29.5 Å². The molecule has 0 aliphatic carbocycles. The molecule has 0 saturated heterocycles. The molecule has 0 atom stereocenters. The van der Waals surface area contributed by atoms with Crippen molar-refractivity contribution in [3.8, 4) is 0 Å². The van der Waals surface area contributed by atoms with Gasteiger partial charge in [-0.3, -0.25) is 9.48 Å². The van der Waals surface area contributed by atoms with Gasteiger partial charge in [0.2, 0.25) is 11.9 Å². The van der Waals surface area contributed by atoms with E-state index in [1.54, 1.807) is 42.2 Å². The minimum Gasteiger partial charge on any atom is -0.366 e. The molecule has 0 saturated carbocycles. The number of aromatic nitrogens is 6. The van der Waals surface area contributed by atoms with E-state index in [0.29, 0.717) is 40.1 Å². The maximum atomic E-state index is 12.6. The molecule has 0 spiro atoms. The Bertz CT molecular complexity index is 1220. The number of halogens is 2. The van der Waals surface area contributed by atoms with Gasteiger partial charge < -0.3 is 11.1 Å². The van der Waals surface area contributed by atoms with Gasteiger partial charge in [-0.2, -0.15) is 15.2 Å². The maximum Gasteiger partial charge on any atom is 0.257 e. The third-order valence-electron chi connectivity index (χ3n) is 4.50. The first-order valence-electron chi connectivity index (χ1n) is 9.06. The second kappa shape index (κ2) is 7.85. The molecule has 4 rings (SSSR count). The quantitative estimate of drug-likeness (QED) is 0.482. The number of hydrogen-bond acceptors (Lipinski definition) is 6. The van der Waals surface area contributed by atoms with Crippen LogP contribution in [-0.2, 0) is 13.1 Å². The first kappa shape index (κ1) is 19.4. The van der Waals surface area contributed by atoms with Crippen LogP contribution in [-0.4, -0.2) is 41.9 Å². The van der Waals surface area contributed by atoms with Crippen LogP contribution in [0.4, 0.5) is 20.4 Å². The first-order valence-corrected chi connectivity index (χ1v) is 9.06. The van der Waals surface area contributed by atoms with Gasteiger partial charge in [0, 0.05) is 18.0 Å². The third kappa shape index (κ3) is 3.95. The Labute approximate surface area is 169 Å². The van der Waals surface area contributed by atoms with Crippen LogP contribution in [0, 0.1) is 6.92 Å². The van der Waals surface area contributed by atoms with Gasteiger partial charge in [0.15, 0.2) is 5.65 Å². The van der Waals surface area contributed by atoms with Crippen molar-refractivity contribution in [3.63, 3.8) is 0 Å².